The van der Waals surface area contributed by atoms with Gasteiger partial charge in [-0.1, -0.05) is 18.2 Å². The molecule has 1 aromatic rings. The Morgan fingerprint density at radius 3 is 3.07 bits per heavy atom. The lowest BCUT2D eigenvalue weighted by molar-refractivity contribution is 0.259. The summed E-state index contributed by atoms with van der Waals surface area (Å²) in [6, 6.07) is 7.89. The van der Waals surface area contributed by atoms with Crippen molar-refractivity contribution in [1.29, 1.82) is 0 Å². The number of hydrogen-bond acceptors (Lipinski definition) is 4. The molecule has 0 aliphatic carbocycles. The molecule has 3 rings (SSSR count). The van der Waals surface area contributed by atoms with E-state index in [1.165, 1.54) is 6.40 Å². The lowest BCUT2D eigenvalue weighted by atomic mass is 10.1. The summed E-state index contributed by atoms with van der Waals surface area (Å²) in [5.74, 6) is 0.655. The van der Waals surface area contributed by atoms with E-state index in [4.69, 9.17) is 9.47 Å². The van der Waals surface area contributed by atoms with Crippen LogP contribution in [0.2, 0.25) is 0 Å². The molecule has 0 fully saturated rings. The molecule has 2 heterocycles. The molecular formula is C11H10N2O2. The van der Waals surface area contributed by atoms with Gasteiger partial charge >= 0.3 is 0 Å². The van der Waals surface area contributed by atoms with Crippen LogP contribution in [0, 0.1) is 0 Å². The van der Waals surface area contributed by atoms with Crippen molar-refractivity contribution in [1.82, 2.24) is 0 Å². The van der Waals surface area contributed by atoms with Gasteiger partial charge in [0.1, 0.15) is 13.2 Å². The average molecular weight is 202 g/mol. The number of para-hydroxylation sites is 1. The fraction of sp³-hybridized carbons (Fsp3) is 0.273. The van der Waals surface area contributed by atoms with Crippen molar-refractivity contribution < 1.29 is 9.47 Å². The maximum Gasteiger partial charge on any atom is 0.218 e. The first-order valence-electron chi connectivity index (χ1n) is 4.86. The Kier molecular flexibility index (Phi) is 1.91. The molecule has 1 atom stereocenters. The Balaban J connectivity index is 1.94. The summed E-state index contributed by atoms with van der Waals surface area (Å²) in [7, 11) is 0. The molecule has 0 spiro atoms. The number of fused-ring (bicyclic) bond motifs is 1. The van der Waals surface area contributed by atoms with E-state index in [0.29, 0.717) is 19.1 Å². The maximum absolute atomic E-state index is 5.54. The SMILES string of the molecule is C1=NC(C2=Nc3ccccc3CO2)CO1. The Morgan fingerprint density at radius 2 is 2.20 bits per heavy atom. The van der Waals surface area contributed by atoms with Crippen LogP contribution >= 0.6 is 0 Å². The molecule has 2 aliphatic rings. The van der Waals surface area contributed by atoms with Crippen molar-refractivity contribution in [2.24, 2.45) is 9.98 Å². The minimum absolute atomic E-state index is 0.0710. The largest absolute Gasteiger partial charge is 0.481 e. The van der Waals surface area contributed by atoms with Gasteiger partial charge in [0.05, 0.1) is 5.69 Å². The predicted molar refractivity (Wildman–Crippen MR) is 56.6 cm³/mol. The van der Waals surface area contributed by atoms with Gasteiger partial charge in [-0.25, -0.2) is 9.98 Å². The summed E-state index contributed by atoms with van der Waals surface area (Å²) >= 11 is 0. The fourth-order valence-electron chi connectivity index (χ4n) is 1.64. The number of benzene rings is 1. The topological polar surface area (TPSA) is 43.2 Å². The van der Waals surface area contributed by atoms with Crippen LogP contribution in [0.5, 0.6) is 0 Å². The highest BCUT2D eigenvalue weighted by atomic mass is 16.5. The lowest BCUT2D eigenvalue weighted by Crippen LogP contribution is -2.24. The summed E-state index contributed by atoms with van der Waals surface area (Å²) < 4.78 is 10.6. The Labute approximate surface area is 87.3 Å². The monoisotopic (exact) mass is 202 g/mol. The van der Waals surface area contributed by atoms with E-state index < -0.39 is 0 Å². The zero-order valence-electron chi connectivity index (χ0n) is 8.09. The second-order valence-electron chi connectivity index (χ2n) is 3.47. The van der Waals surface area contributed by atoms with Crippen LogP contribution in [0.25, 0.3) is 0 Å². The van der Waals surface area contributed by atoms with Gasteiger partial charge < -0.3 is 9.47 Å². The van der Waals surface area contributed by atoms with E-state index in [2.05, 4.69) is 9.98 Å². The van der Waals surface area contributed by atoms with Gasteiger partial charge in [0.25, 0.3) is 0 Å². The zero-order valence-corrected chi connectivity index (χ0v) is 8.09. The summed E-state index contributed by atoms with van der Waals surface area (Å²) in [6.45, 7) is 1.10. The molecule has 0 amide bonds. The first-order valence-corrected chi connectivity index (χ1v) is 4.86. The van der Waals surface area contributed by atoms with E-state index in [1.54, 1.807) is 0 Å². The predicted octanol–water partition coefficient (Wildman–Crippen LogP) is 1.67. The molecule has 0 N–H and O–H groups in total. The molecule has 1 aromatic carbocycles. The van der Waals surface area contributed by atoms with Gasteiger partial charge in [-0.05, 0) is 6.07 Å². The highest BCUT2D eigenvalue weighted by molar-refractivity contribution is 5.88. The third-order valence-corrected chi connectivity index (χ3v) is 2.45. The van der Waals surface area contributed by atoms with Crippen LogP contribution in [0.1, 0.15) is 5.56 Å². The molecule has 0 aromatic heterocycles. The van der Waals surface area contributed by atoms with E-state index in [-0.39, 0.29) is 6.04 Å². The van der Waals surface area contributed by atoms with Crippen LogP contribution in [-0.4, -0.2) is 24.9 Å². The van der Waals surface area contributed by atoms with Crippen LogP contribution < -0.4 is 0 Å². The van der Waals surface area contributed by atoms with Crippen molar-refractivity contribution in [3.63, 3.8) is 0 Å². The minimum Gasteiger partial charge on any atom is -0.481 e. The first kappa shape index (κ1) is 8.47. The standard InChI is InChI=1S/C11H10N2O2/c1-2-4-9-8(3-1)5-15-11(13-9)10-6-14-7-12-10/h1-4,7,10H,5-6H2. The number of rotatable bonds is 1. The van der Waals surface area contributed by atoms with Gasteiger partial charge in [-0.15, -0.1) is 0 Å². The first-order chi connectivity index (χ1) is 7.43. The molecule has 0 saturated heterocycles. The summed E-state index contributed by atoms with van der Waals surface area (Å²) in [6.07, 6.45) is 1.46. The quantitative estimate of drug-likeness (QED) is 0.695. The van der Waals surface area contributed by atoms with Gasteiger partial charge in [-0.3, -0.25) is 0 Å². The summed E-state index contributed by atoms with van der Waals surface area (Å²) in [5.41, 5.74) is 2.09. The number of aliphatic imine (C=N–C) groups is 2. The number of nitrogens with zero attached hydrogens (tertiary/aromatic N) is 2. The molecule has 0 radical (unpaired) electrons. The van der Waals surface area contributed by atoms with E-state index in [9.17, 15) is 0 Å². The zero-order chi connectivity index (χ0) is 10.1. The molecule has 15 heavy (non-hydrogen) atoms. The molecule has 0 saturated carbocycles. The fourth-order valence-corrected chi connectivity index (χ4v) is 1.64. The molecule has 76 valence electrons. The molecule has 4 heteroatoms. The van der Waals surface area contributed by atoms with Gasteiger partial charge in [0.15, 0.2) is 12.4 Å². The Morgan fingerprint density at radius 1 is 1.27 bits per heavy atom. The van der Waals surface area contributed by atoms with E-state index >= 15 is 0 Å². The lowest BCUT2D eigenvalue weighted by Gasteiger charge is -2.18. The highest BCUT2D eigenvalue weighted by Crippen LogP contribution is 2.25. The third-order valence-electron chi connectivity index (χ3n) is 2.45. The summed E-state index contributed by atoms with van der Waals surface area (Å²) in [4.78, 5) is 8.56. The molecular weight excluding hydrogens is 192 g/mol. The second-order valence-corrected chi connectivity index (χ2v) is 3.47. The molecule has 2 aliphatic heterocycles. The van der Waals surface area contributed by atoms with Crippen LogP contribution in [0.4, 0.5) is 5.69 Å². The molecule has 0 bridgehead atoms. The van der Waals surface area contributed by atoms with Crippen LogP contribution in [0.15, 0.2) is 34.3 Å². The van der Waals surface area contributed by atoms with Crippen molar-refractivity contribution in [2.75, 3.05) is 6.61 Å². The minimum atomic E-state index is -0.0710. The van der Waals surface area contributed by atoms with E-state index in [0.717, 1.165) is 11.3 Å². The van der Waals surface area contributed by atoms with Gasteiger partial charge in [-0.2, -0.15) is 0 Å². The molecule has 1 unspecified atom stereocenters. The van der Waals surface area contributed by atoms with Crippen molar-refractivity contribution in [2.45, 2.75) is 12.6 Å². The highest BCUT2D eigenvalue weighted by Gasteiger charge is 2.23. The third kappa shape index (κ3) is 1.48. The van der Waals surface area contributed by atoms with Crippen LogP contribution in [0.3, 0.4) is 0 Å². The Bertz CT molecular complexity index is 440. The summed E-state index contributed by atoms with van der Waals surface area (Å²) in [5, 5.41) is 0. The average Bonchev–Trinajstić information content (AvgIpc) is 2.82. The van der Waals surface area contributed by atoms with Crippen molar-refractivity contribution in [3.05, 3.63) is 29.8 Å². The Hall–Kier alpha value is -1.84. The van der Waals surface area contributed by atoms with E-state index in [1.807, 2.05) is 24.3 Å². The normalized spacial score (nSPS) is 22.7. The van der Waals surface area contributed by atoms with Gasteiger partial charge in [0, 0.05) is 5.56 Å². The van der Waals surface area contributed by atoms with Crippen molar-refractivity contribution >= 4 is 18.0 Å². The van der Waals surface area contributed by atoms with Crippen LogP contribution in [-0.2, 0) is 16.1 Å². The molecule has 4 nitrogen and oxygen atoms in total. The van der Waals surface area contributed by atoms with Gasteiger partial charge in [0.2, 0.25) is 5.90 Å². The number of ether oxygens (including phenoxy) is 2. The second kappa shape index (κ2) is 3.38. The van der Waals surface area contributed by atoms with Crippen molar-refractivity contribution in [3.8, 4) is 0 Å². The smallest absolute Gasteiger partial charge is 0.218 e. The maximum atomic E-state index is 5.54. The number of hydrogen-bond donors (Lipinski definition) is 0.